The Kier molecular flexibility index (Phi) is 3.17. The maximum atomic E-state index is 12.4. The van der Waals surface area contributed by atoms with Crippen LogP contribution in [0.15, 0.2) is 29.2 Å². The van der Waals surface area contributed by atoms with Crippen molar-refractivity contribution >= 4 is 34.1 Å². The second kappa shape index (κ2) is 4.89. The third kappa shape index (κ3) is 1.99. The van der Waals surface area contributed by atoms with Gasteiger partial charge in [0.2, 0.25) is 0 Å². The lowest BCUT2D eigenvalue weighted by Gasteiger charge is -2.08. The number of carbonyl (C=O) groups is 1. The first kappa shape index (κ1) is 13.6. The van der Waals surface area contributed by atoms with Crippen molar-refractivity contribution in [3.63, 3.8) is 0 Å². The lowest BCUT2D eigenvalue weighted by Crippen LogP contribution is -2.21. The summed E-state index contributed by atoms with van der Waals surface area (Å²) in [5, 5.41) is 5.10. The number of fused-ring (bicyclic) bond motifs is 3. The van der Waals surface area contributed by atoms with Crippen molar-refractivity contribution in [2.75, 3.05) is 6.61 Å². The molecule has 0 N–H and O–H groups in total. The van der Waals surface area contributed by atoms with E-state index in [1.54, 1.807) is 36.7 Å². The van der Waals surface area contributed by atoms with Crippen molar-refractivity contribution < 1.29 is 9.53 Å². The lowest BCUT2D eigenvalue weighted by molar-refractivity contribution is 0.0528. The highest BCUT2D eigenvalue weighted by Gasteiger charge is 2.19. The molecule has 0 saturated heterocycles. The molecule has 7 heteroatoms. The molecule has 3 aromatic rings. The molecule has 0 bridgehead atoms. The molecule has 0 amide bonds. The van der Waals surface area contributed by atoms with Crippen molar-refractivity contribution in [1.82, 2.24) is 14.2 Å². The Balaban J connectivity index is 2.44. The number of rotatable bonds is 2. The maximum absolute atomic E-state index is 12.4. The van der Waals surface area contributed by atoms with Crippen LogP contribution in [0.5, 0.6) is 0 Å². The number of esters is 1. The van der Waals surface area contributed by atoms with E-state index in [0.29, 0.717) is 21.6 Å². The van der Waals surface area contributed by atoms with Gasteiger partial charge < -0.3 is 4.74 Å². The van der Waals surface area contributed by atoms with Gasteiger partial charge in [-0.05, 0) is 25.1 Å². The fourth-order valence-electron chi connectivity index (χ4n) is 2.33. The van der Waals surface area contributed by atoms with Crippen LogP contribution in [0.4, 0.5) is 0 Å². The van der Waals surface area contributed by atoms with Gasteiger partial charge in [0.25, 0.3) is 5.56 Å². The standard InChI is InChI=1S/C14H12ClN3O3/c1-3-21-14(20)10-7-16-18-11-5-4-8(15)6-9(11)13(19)17(2)12(10)18/h4-7H,3H2,1-2H3. The third-order valence-corrected chi connectivity index (χ3v) is 3.51. The van der Waals surface area contributed by atoms with Gasteiger partial charge in [-0.1, -0.05) is 11.6 Å². The first-order valence-electron chi connectivity index (χ1n) is 6.37. The Labute approximate surface area is 124 Å². The molecule has 1 aromatic carbocycles. The molecule has 0 unspecified atom stereocenters. The summed E-state index contributed by atoms with van der Waals surface area (Å²) >= 11 is 5.94. The molecule has 0 aliphatic carbocycles. The third-order valence-electron chi connectivity index (χ3n) is 3.28. The van der Waals surface area contributed by atoms with Crippen molar-refractivity contribution in [2.45, 2.75) is 6.92 Å². The molecule has 108 valence electrons. The van der Waals surface area contributed by atoms with Gasteiger partial charge in [-0.3, -0.25) is 9.36 Å². The Morgan fingerprint density at radius 3 is 2.90 bits per heavy atom. The molecule has 0 aliphatic heterocycles. The van der Waals surface area contributed by atoms with Crippen LogP contribution in [-0.4, -0.2) is 26.8 Å². The largest absolute Gasteiger partial charge is 0.462 e. The number of carbonyl (C=O) groups excluding carboxylic acids is 1. The molecule has 2 heterocycles. The fourth-order valence-corrected chi connectivity index (χ4v) is 2.51. The van der Waals surface area contributed by atoms with Crippen LogP contribution >= 0.6 is 11.6 Å². The number of nitrogens with zero attached hydrogens (tertiary/aromatic N) is 3. The van der Waals surface area contributed by atoms with E-state index in [2.05, 4.69) is 5.10 Å². The first-order valence-corrected chi connectivity index (χ1v) is 6.75. The predicted molar refractivity (Wildman–Crippen MR) is 78.9 cm³/mol. The predicted octanol–water partition coefficient (Wildman–Crippen LogP) is 2.02. The van der Waals surface area contributed by atoms with Crippen LogP contribution in [0.3, 0.4) is 0 Å². The molecule has 0 atom stereocenters. The number of aryl methyl sites for hydroxylation is 1. The van der Waals surface area contributed by atoms with E-state index in [1.165, 1.54) is 10.8 Å². The molecular weight excluding hydrogens is 294 g/mol. The fraction of sp³-hybridized carbons (Fsp3) is 0.214. The summed E-state index contributed by atoms with van der Waals surface area (Å²) in [5.74, 6) is -0.504. The highest BCUT2D eigenvalue weighted by Crippen LogP contribution is 2.19. The Bertz CT molecular complexity index is 926. The zero-order valence-corrected chi connectivity index (χ0v) is 12.2. The summed E-state index contributed by atoms with van der Waals surface area (Å²) in [7, 11) is 1.59. The van der Waals surface area contributed by atoms with E-state index < -0.39 is 5.97 Å². The molecule has 0 aliphatic rings. The summed E-state index contributed by atoms with van der Waals surface area (Å²) in [6.45, 7) is 1.98. The number of halogens is 1. The van der Waals surface area contributed by atoms with Gasteiger partial charge in [0.1, 0.15) is 5.56 Å². The second-order valence-electron chi connectivity index (χ2n) is 4.54. The molecule has 21 heavy (non-hydrogen) atoms. The van der Waals surface area contributed by atoms with Crippen LogP contribution in [0.2, 0.25) is 5.02 Å². The maximum Gasteiger partial charge on any atom is 0.343 e. The molecule has 6 nitrogen and oxygen atoms in total. The van der Waals surface area contributed by atoms with E-state index in [1.807, 2.05) is 0 Å². The molecule has 2 aromatic heterocycles. The van der Waals surface area contributed by atoms with E-state index in [0.717, 1.165) is 0 Å². The van der Waals surface area contributed by atoms with Gasteiger partial charge in [-0.2, -0.15) is 5.10 Å². The van der Waals surface area contributed by atoms with E-state index in [-0.39, 0.29) is 17.7 Å². The van der Waals surface area contributed by atoms with Crippen LogP contribution in [0, 0.1) is 0 Å². The average molecular weight is 306 g/mol. The minimum absolute atomic E-state index is 0.244. The molecular formula is C14H12ClN3O3. The Morgan fingerprint density at radius 1 is 1.43 bits per heavy atom. The topological polar surface area (TPSA) is 65.6 Å². The summed E-state index contributed by atoms with van der Waals surface area (Å²) in [6.07, 6.45) is 1.40. The van der Waals surface area contributed by atoms with Crippen molar-refractivity contribution in [3.8, 4) is 0 Å². The molecule has 0 radical (unpaired) electrons. The zero-order chi connectivity index (χ0) is 15.1. The van der Waals surface area contributed by atoms with Gasteiger partial charge in [0, 0.05) is 12.1 Å². The monoisotopic (exact) mass is 305 g/mol. The summed E-state index contributed by atoms with van der Waals surface area (Å²) in [4.78, 5) is 24.4. The lowest BCUT2D eigenvalue weighted by atomic mass is 10.2. The number of ether oxygens (including phenoxy) is 1. The van der Waals surface area contributed by atoms with Crippen LogP contribution in [0.1, 0.15) is 17.3 Å². The summed E-state index contributed by atoms with van der Waals surface area (Å²) in [5.41, 5.74) is 1.00. The molecule has 0 fully saturated rings. The Hall–Kier alpha value is -2.34. The van der Waals surface area contributed by atoms with Gasteiger partial charge in [-0.15, -0.1) is 0 Å². The summed E-state index contributed by atoms with van der Waals surface area (Å²) < 4.78 is 7.91. The van der Waals surface area contributed by atoms with Crippen LogP contribution in [0.25, 0.3) is 16.6 Å². The quantitative estimate of drug-likeness (QED) is 0.679. The van der Waals surface area contributed by atoms with Crippen LogP contribution < -0.4 is 5.56 Å². The first-order chi connectivity index (χ1) is 10.0. The van der Waals surface area contributed by atoms with Crippen molar-refractivity contribution in [1.29, 1.82) is 0 Å². The normalized spacial score (nSPS) is 11.2. The van der Waals surface area contributed by atoms with Crippen molar-refractivity contribution in [3.05, 3.63) is 45.3 Å². The van der Waals surface area contributed by atoms with Gasteiger partial charge in [0.05, 0.1) is 23.7 Å². The Morgan fingerprint density at radius 2 is 2.19 bits per heavy atom. The molecule has 3 rings (SSSR count). The van der Waals surface area contributed by atoms with Crippen molar-refractivity contribution in [2.24, 2.45) is 7.05 Å². The number of hydrogen-bond donors (Lipinski definition) is 0. The minimum Gasteiger partial charge on any atom is -0.462 e. The smallest absolute Gasteiger partial charge is 0.343 e. The molecule has 0 saturated carbocycles. The zero-order valence-electron chi connectivity index (χ0n) is 11.5. The van der Waals surface area contributed by atoms with E-state index >= 15 is 0 Å². The van der Waals surface area contributed by atoms with E-state index in [4.69, 9.17) is 16.3 Å². The van der Waals surface area contributed by atoms with Crippen LogP contribution in [-0.2, 0) is 11.8 Å². The second-order valence-corrected chi connectivity index (χ2v) is 4.98. The summed E-state index contributed by atoms with van der Waals surface area (Å²) in [6, 6.07) is 4.97. The highest BCUT2D eigenvalue weighted by molar-refractivity contribution is 6.31. The SMILES string of the molecule is CCOC(=O)c1cnn2c3ccc(Cl)cc3c(=O)n(C)c12. The van der Waals surface area contributed by atoms with Gasteiger partial charge >= 0.3 is 5.97 Å². The number of benzene rings is 1. The minimum atomic E-state index is -0.504. The number of hydrogen-bond acceptors (Lipinski definition) is 4. The van der Waals surface area contributed by atoms with E-state index in [9.17, 15) is 9.59 Å². The van der Waals surface area contributed by atoms with Gasteiger partial charge in [-0.25, -0.2) is 9.31 Å². The highest BCUT2D eigenvalue weighted by atomic mass is 35.5. The molecule has 0 spiro atoms. The average Bonchev–Trinajstić information content (AvgIpc) is 2.90. The van der Waals surface area contributed by atoms with Gasteiger partial charge in [0.15, 0.2) is 5.65 Å². The number of aromatic nitrogens is 3.